The predicted molar refractivity (Wildman–Crippen MR) is 95.6 cm³/mol. The van der Waals surface area contributed by atoms with E-state index in [9.17, 15) is 14.4 Å². The van der Waals surface area contributed by atoms with Gasteiger partial charge in [0.1, 0.15) is 5.41 Å². The molecule has 1 aliphatic heterocycles. The molecular weight excluding hydrogens is 344 g/mol. The van der Waals surface area contributed by atoms with Crippen molar-refractivity contribution in [3.63, 3.8) is 0 Å². The van der Waals surface area contributed by atoms with Crippen molar-refractivity contribution in [2.24, 2.45) is 5.41 Å². The highest BCUT2D eigenvalue weighted by atomic mass is 35.5. The summed E-state index contributed by atoms with van der Waals surface area (Å²) in [6.45, 7) is 4.54. The molecule has 0 spiro atoms. The third-order valence-electron chi connectivity index (χ3n) is 4.38. The fourth-order valence-corrected chi connectivity index (χ4v) is 2.90. The zero-order valence-electron chi connectivity index (χ0n) is 14.7. The van der Waals surface area contributed by atoms with Crippen LogP contribution in [0.15, 0.2) is 18.2 Å². The molecule has 0 radical (unpaired) electrons. The van der Waals surface area contributed by atoms with Crippen molar-refractivity contribution in [3.05, 3.63) is 28.8 Å². The van der Waals surface area contributed by atoms with Gasteiger partial charge >= 0.3 is 5.97 Å². The van der Waals surface area contributed by atoms with Gasteiger partial charge in [-0.2, -0.15) is 0 Å². The fourth-order valence-electron chi connectivity index (χ4n) is 2.73. The van der Waals surface area contributed by atoms with E-state index in [0.29, 0.717) is 13.1 Å². The second kappa shape index (κ2) is 7.87. The Balaban J connectivity index is 2.17. The molecule has 0 saturated carbocycles. The Hall–Kier alpha value is -2.08. The van der Waals surface area contributed by atoms with Gasteiger partial charge in [0.15, 0.2) is 0 Å². The van der Waals surface area contributed by atoms with Crippen molar-refractivity contribution in [1.82, 2.24) is 4.90 Å². The predicted octanol–water partition coefficient (Wildman–Crippen LogP) is 3.10. The summed E-state index contributed by atoms with van der Waals surface area (Å²) in [5.41, 5.74) is -0.696. The van der Waals surface area contributed by atoms with Crippen LogP contribution < -0.4 is 5.32 Å². The molecule has 1 aromatic rings. The topological polar surface area (TPSA) is 75.7 Å². The van der Waals surface area contributed by atoms with Crippen LogP contribution in [0.2, 0.25) is 5.02 Å². The number of nitrogens with one attached hydrogen (secondary N) is 1. The largest absolute Gasteiger partial charge is 0.465 e. The molecule has 25 heavy (non-hydrogen) atoms. The molecule has 1 fully saturated rings. The maximum atomic E-state index is 12.7. The standard InChI is InChI=1S/C18H23ClN2O4/c1-18(2,17(24)21-9-5-4-6-10-21)16(23)20-14-11-12(15(22)25-3)7-8-13(14)19/h7-8,11H,4-6,9-10H2,1-3H3,(H,20,23). The van der Waals surface area contributed by atoms with E-state index in [0.717, 1.165) is 19.3 Å². The Morgan fingerprint density at radius 2 is 1.80 bits per heavy atom. The summed E-state index contributed by atoms with van der Waals surface area (Å²) >= 11 is 6.10. The molecule has 1 aliphatic rings. The van der Waals surface area contributed by atoms with Crippen LogP contribution in [0.1, 0.15) is 43.5 Å². The van der Waals surface area contributed by atoms with Gasteiger partial charge in [-0.15, -0.1) is 0 Å². The van der Waals surface area contributed by atoms with Gasteiger partial charge in [-0.1, -0.05) is 11.6 Å². The number of halogens is 1. The lowest BCUT2D eigenvalue weighted by molar-refractivity contribution is -0.147. The van der Waals surface area contributed by atoms with E-state index in [1.54, 1.807) is 18.7 Å². The molecule has 0 atom stereocenters. The lowest BCUT2D eigenvalue weighted by Gasteiger charge is -2.33. The molecule has 0 aromatic heterocycles. The number of carbonyl (C=O) groups excluding carboxylic acids is 3. The minimum absolute atomic E-state index is 0.204. The number of esters is 1. The molecule has 6 nitrogen and oxygen atoms in total. The second-order valence-electron chi connectivity index (χ2n) is 6.62. The lowest BCUT2D eigenvalue weighted by atomic mass is 9.89. The average Bonchev–Trinajstić information content (AvgIpc) is 2.62. The molecule has 1 aromatic carbocycles. The van der Waals surface area contributed by atoms with Crippen LogP contribution >= 0.6 is 11.6 Å². The van der Waals surface area contributed by atoms with Crippen LogP contribution in [0, 0.1) is 5.41 Å². The van der Waals surface area contributed by atoms with Crippen LogP contribution in [0.5, 0.6) is 0 Å². The second-order valence-corrected chi connectivity index (χ2v) is 7.03. The van der Waals surface area contributed by atoms with Crippen molar-refractivity contribution in [2.75, 3.05) is 25.5 Å². The summed E-state index contributed by atoms with van der Waals surface area (Å²) in [6.07, 6.45) is 3.01. The lowest BCUT2D eigenvalue weighted by Crippen LogP contribution is -2.49. The first-order chi connectivity index (χ1) is 11.8. The number of hydrogen-bond acceptors (Lipinski definition) is 4. The van der Waals surface area contributed by atoms with Crippen LogP contribution in [-0.4, -0.2) is 42.9 Å². The van der Waals surface area contributed by atoms with E-state index < -0.39 is 17.3 Å². The van der Waals surface area contributed by atoms with Gasteiger partial charge in [-0.05, 0) is 51.3 Å². The number of methoxy groups -OCH3 is 1. The Kier molecular flexibility index (Phi) is 6.06. The van der Waals surface area contributed by atoms with Gasteiger partial charge in [0, 0.05) is 13.1 Å². The van der Waals surface area contributed by atoms with E-state index in [-0.39, 0.29) is 22.2 Å². The van der Waals surface area contributed by atoms with Gasteiger partial charge < -0.3 is 15.0 Å². The van der Waals surface area contributed by atoms with E-state index >= 15 is 0 Å². The first-order valence-electron chi connectivity index (χ1n) is 8.26. The Morgan fingerprint density at radius 3 is 2.40 bits per heavy atom. The van der Waals surface area contributed by atoms with Crippen molar-refractivity contribution >= 4 is 35.1 Å². The SMILES string of the molecule is COC(=O)c1ccc(Cl)c(NC(=O)C(C)(C)C(=O)N2CCCCC2)c1. The zero-order valence-corrected chi connectivity index (χ0v) is 15.5. The average molecular weight is 367 g/mol. The van der Waals surface area contributed by atoms with E-state index in [1.165, 1.54) is 25.3 Å². The first-order valence-corrected chi connectivity index (χ1v) is 8.64. The minimum Gasteiger partial charge on any atom is -0.465 e. The van der Waals surface area contributed by atoms with Crippen molar-refractivity contribution in [1.29, 1.82) is 0 Å². The molecule has 0 bridgehead atoms. The zero-order chi connectivity index (χ0) is 18.6. The van der Waals surface area contributed by atoms with Crippen LogP contribution in [0.3, 0.4) is 0 Å². The molecule has 2 rings (SSSR count). The monoisotopic (exact) mass is 366 g/mol. The number of likely N-dealkylation sites (tertiary alicyclic amines) is 1. The number of piperidine rings is 1. The maximum Gasteiger partial charge on any atom is 0.337 e. The summed E-state index contributed by atoms with van der Waals surface area (Å²) in [7, 11) is 1.27. The summed E-state index contributed by atoms with van der Waals surface area (Å²) in [6, 6.07) is 4.45. The van der Waals surface area contributed by atoms with Crippen molar-refractivity contribution < 1.29 is 19.1 Å². The number of hydrogen-bond donors (Lipinski definition) is 1. The summed E-state index contributed by atoms with van der Waals surface area (Å²) < 4.78 is 4.67. The third-order valence-corrected chi connectivity index (χ3v) is 4.71. The molecule has 136 valence electrons. The number of amides is 2. The molecule has 1 saturated heterocycles. The van der Waals surface area contributed by atoms with E-state index in [1.807, 2.05) is 0 Å². The van der Waals surface area contributed by atoms with Gasteiger partial charge in [0.05, 0.1) is 23.4 Å². The Labute approximate surface area is 152 Å². The molecule has 1 heterocycles. The van der Waals surface area contributed by atoms with E-state index in [4.69, 9.17) is 11.6 Å². The number of rotatable bonds is 4. The van der Waals surface area contributed by atoms with Gasteiger partial charge in [0.2, 0.25) is 11.8 Å². The van der Waals surface area contributed by atoms with Gasteiger partial charge in [-0.3, -0.25) is 9.59 Å². The highest BCUT2D eigenvalue weighted by Crippen LogP contribution is 2.28. The van der Waals surface area contributed by atoms with Crippen LogP contribution in [-0.2, 0) is 14.3 Å². The summed E-state index contributed by atoms with van der Waals surface area (Å²) in [5.74, 6) is -1.20. The first kappa shape index (κ1) is 19.2. The van der Waals surface area contributed by atoms with Crippen LogP contribution in [0.25, 0.3) is 0 Å². The van der Waals surface area contributed by atoms with Crippen molar-refractivity contribution in [2.45, 2.75) is 33.1 Å². The van der Waals surface area contributed by atoms with Gasteiger partial charge in [0.25, 0.3) is 0 Å². The number of nitrogens with zero attached hydrogens (tertiary/aromatic N) is 1. The van der Waals surface area contributed by atoms with Crippen molar-refractivity contribution in [3.8, 4) is 0 Å². The van der Waals surface area contributed by atoms with Crippen LogP contribution in [0.4, 0.5) is 5.69 Å². The minimum atomic E-state index is -1.23. The molecular formula is C18H23ClN2O4. The third kappa shape index (κ3) is 4.31. The molecule has 1 N–H and O–H groups in total. The molecule has 7 heteroatoms. The van der Waals surface area contributed by atoms with Gasteiger partial charge in [-0.25, -0.2) is 4.79 Å². The summed E-state index contributed by atoms with van der Waals surface area (Å²) in [5, 5.41) is 2.94. The smallest absolute Gasteiger partial charge is 0.337 e. The number of anilines is 1. The normalized spacial score (nSPS) is 14.8. The fraction of sp³-hybridized carbons (Fsp3) is 0.500. The highest BCUT2D eigenvalue weighted by molar-refractivity contribution is 6.34. The van der Waals surface area contributed by atoms with E-state index in [2.05, 4.69) is 10.1 Å². The maximum absolute atomic E-state index is 12.7. The Bertz CT molecular complexity index is 682. The number of ether oxygens (including phenoxy) is 1. The summed E-state index contributed by atoms with van der Waals surface area (Å²) in [4.78, 5) is 38.8. The number of carbonyl (C=O) groups is 3. The molecule has 0 unspecified atom stereocenters. The highest BCUT2D eigenvalue weighted by Gasteiger charge is 2.39. The quantitative estimate of drug-likeness (QED) is 0.656. The number of benzene rings is 1. The molecule has 0 aliphatic carbocycles. The Morgan fingerprint density at radius 1 is 1.16 bits per heavy atom. The molecule has 2 amide bonds.